The maximum Gasteiger partial charge on any atom is 0.418 e. The van der Waals surface area contributed by atoms with E-state index in [1.165, 1.54) is 0 Å². The van der Waals surface area contributed by atoms with Crippen LogP contribution in [0.1, 0.15) is 12.8 Å². The zero-order valence-corrected chi connectivity index (χ0v) is 10.0. The van der Waals surface area contributed by atoms with Gasteiger partial charge >= 0.3 is 6.18 Å². The average molecular weight is 275 g/mol. The van der Waals surface area contributed by atoms with Gasteiger partial charge in [-0.15, -0.1) is 11.7 Å². The number of halogens is 3. The van der Waals surface area contributed by atoms with Gasteiger partial charge in [-0.2, -0.15) is 13.2 Å². The van der Waals surface area contributed by atoms with E-state index in [-0.39, 0.29) is 25.1 Å². The molecule has 94 valence electrons. The first-order valence-corrected chi connectivity index (χ1v) is 6.67. The minimum Gasteiger partial charge on any atom is -0.379 e. The summed E-state index contributed by atoms with van der Waals surface area (Å²) in [6.45, 7) is -0.421. The van der Waals surface area contributed by atoms with E-state index >= 15 is 0 Å². The van der Waals surface area contributed by atoms with Gasteiger partial charge in [0.25, 0.3) is 0 Å². The molecule has 1 rings (SSSR count). The molecule has 0 saturated carbocycles. The minimum atomic E-state index is -4.69. The summed E-state index contributed by atoms with van der Waals surface area (Å²) in [6, 6.07) is 0. The molecule has 1 fully saturated rings. The van der Waals surface area contributed by atoms with Crippen LogP contribution in [0.5, 0.6) is 0 Å². The van der Waals surface area contributed by atoms with Crippen LogP contribution >= 0.6 is 22.5 Å². The Hall–Kier alpha value is -0.0800. The quantitative estimate of drug-likeness (QED) is 0.592. The van der Waals surface area contributed by atoms with Crippen LogP contribution in [0.2, 0.25) is 0 Å². The SMILES string of the molecule is O=C(CSS)N1CCCC(O)(C(F)(F)F)C1. The van der Waals surface area contributed by atoms with Crippen LogP contribution in [0.3, 0.4) is 0 Å². The summed E-state index contributed by atoms with van der Waals surface area (Å²) in [5, 5.41) is 9.45. The lowest BCUT2D eigenvalue weighted by atomic mass is 9.92. The highest BCUT2D eigenvalue weighted by Gasteiger charge is 2.55. The first kappa shape index (κ1) is 14.0. The highest BCUT2D eigenvalue weighted by atomic mass is 33.1. The van der Waals surface area contributed by atoms with Crippen molar-refractivity contribution in [3.8, 4) is 0 Å². The van der Waals surface area contributed by atoms with Gasteiger partial charge in [0.1, 0.15) is 0 Å². The molecule has 1 heterocycles. The summed E-state index contributed by atoms with van der Waals surface area (Å²) in [5.41, 5.74) is -2.76. The highest BCUT2D eigenvalue weighted by Crippen LogP contribution is 2.37. The number of likely N-dealkylation sites (tertiary alicyclic amines) is 1. The molecule has 1 N–H and O–H groups in total. The molecule has 8 heteroatoms. The predicted molar refractivity (Wildman–Crippen MR) is 58.3 cm³/mol. The van der Waals surface area contributed by atoms with Gasteiger partial charge in [-0.25, -0.2) is 0 Å². The van der Waals surface area contributed by atoms with Gasteiger partial charge in [0.05, 0.1) is 12.3 Å². The average Bonchev–Trinajstić information content (AvgIpc) is 2.16. The fraction of sp³-hybridized carbons (Fsp3) is 0.875. The molecule has 3 nitrogen and oxygen atoms in total. The molecule has 1 unspecified atom stereocenters. The number of piperidine rings is 1. The van der Waals surface area contributed by atoms with Crippen molar-refractivity contribution in [2.45, 2.75) is 24.6 Å². The lowest BCUT2D eigenvalue weighted by molar-refractivity contribution is -0.272. The number of carbonyl (C=O) groups excluding carboxylic acids is 1. The molecular weight excluding hydrogens is 263 g/mol. The minimum absolute atomic E-state index is 0.0110. The summed E-state index contributed by atoms with van der Waals surface area (Å²) in [5.74, 6) is -0.417. The van der Waals surface area contributed by atoms with E-state index in [0.29, 0.717) is 0 Å². The molecular formula is C8H12F3NO2S2. The van der Waals surface area contributed by atoms with Crippen LogP contribution in [0.4, 0.5) is 13.2 Å². The first-order valence-electron chi connectivity index (χ1n) is 4.63. The second-order valence-corrected chi connectivity index (χ2v) is 5.04. The van der Waals surface area contributed by atoms with Crippen molar-refractivity contribution in [3.05, 3.63) is 0 Å². The number of hydrogen-bond acceptors (Lipinski definition) is 4. The number of aliphatic hydroxyl groups is 1. The van der Waals surface area contributed by atoms with Crippen LogP contribution in [0.15, 0.2) is 0 Å². The van der Waals surface area contributed by atoms with Gasteiger partial charge in [-0.1, -0.05) is 10.8 Å². The van der Waals surface area contributed by atoms with Gasteiger partial charge in [0.2, 0.25) is 5.91 Å². The van der Waals surface area contributed by atoms with Crippen LogP contribution in [0.25, 0.3) is 0 Å². The Labute approximate surface area is 100 Å². The van der Waals surface area contributed by atoms with Crippen LogP contribution in [0, 0.1) is 0 Å². The Balaban J connectivity index is 2.70. The van der Waals surface area contributed by atoms with Gasteiger partial charge in [0.15, 0.2) is 5.60 Å². The van der Waals surface area contributed by atoms with Crippen LogP contribution in [-0.2, 0) is 4.79 Å². The number of β-amino-alcohol motifs (C(OH)–C–C–N with tert-alkyl or cyclic N) is 1. The summed E-state index contributed by atoms with van der Waals surface area (Å²) in [6.07, 6.45) is -4.90. The number of nitrogens with zero attached hydrogens (tertiary/aromatic N) is 1. The molecule has 0 aromatic carbocycles. The second kappa shape index (κ2) is 5.05. The number of rotatable bonds is 2. The number of carbonyl (C=O) groups is 1. The number of hydrogen-bond donors (Lipinski definition) is 2. The van der Waals surface area contributed by atoms with Crippen molar-refractivity contribution in [2.24, 2.45) is 0 Å². The standard InChI is InChI=1S/C8H12F3NO2S2/c9-8(10,11)7(14)2-1-3-12(5-7)6(13)4-16-15/h14-15H,1-5H2. The maximum absolute atomic E-state index is 12.5. The molecule has 0 bridgehead atoms. The van der Waals surface area contributed by atoms with Crippen LogP contribution < -0.4 is 0 Å². The Kier molecular flexibility index (Phi) is 4.42. The van der Waals surface area contributed by atoms with E-state index < -0.39 is 24.2 Å². The van der Waals surface area contributed by atoms with Crippen molar-refractivity contribution in [1.29, 1.82) is 0 Å². The maximum atomic E-state index is 12.5. The van der Waals surface area contributed by atoms with Gasteiger partial charge < -0.3 is 10.0 Å². The van der Waals surface area contributed by atoms with E-state index in [4.69, 9.17) is 0 Å². The van der Waals surface area contributed by atoms with E-state index in [1.54, 1.807) is 0 Å². The van der Waals surface area contributed by atoms with Crippen molar-refractivity contribution < 1.29 is 23.1 Å². The summed E-state index contributed by atoms with van der Waals surface area (Å²) < 4.78 is 37.6. The lowest BCUT2D eigenvalue weighted by Crippen LogP contribution is -2.58. The first-order chi connectivity index (χ1) is 7.30. The summed E-state index contributed by atoms with van der Waals surface area (Å²) in [7, 11) is 0.951. The van der Waals surface area contributed by atoms with E-state index in [9.17, 15) is 23.1 Å². The van der Waals surface area contributed by atoms with Crippen molar-refractivity contribution in [3.63, 3.8) is 0 Å². The Morgan fingerprint density at radius 1 is 1.56 bits per heavy atom. The fourth-order valence-corrected chi connectivity index (χ4v) is 2.25. The van der Waals surface area contributed by atoms with Gasteiger partial charge in [0, 0.05) is 6.54 Å². The third kappa shape index (κ3) is 2.98. The molecule has 1 saturated heterocycles. The Bertz CT molecular complexity index is 274. The number of thiol groups is 1. The molecule has 0 aromatic heterocycles. The third-order valence-electron chi connectivity index (χ3n) is 2.54. The smallest absolute Gasteiger partial charge is 0.379 e. The molecule has 16 heavy (non-hydrogen) atoms. The van der Waals surface area contributed by atoms with E-state index in [2.05, 4.69) is 11.7 Å². The molecule has 1 atom stereocenters. The molecule has 1 aliphatic heterocycles. The van der Waals surface area contributed by atoms with Crippen molar-refractivity contribution in [1.82, 2.24) is 4.90 Å². The van der Waals surface area contributed by atoms with Gasteiger partial charge in [-0.3, -0.25) is 4.79 Å². The van der Waals surface area contributed by atoms with E-state index in [0.717, 1.165) is 15.7 Å². The topological polar surface area (TPSA) is 40.5 Å². The molecule has 0 radical (unpaired) electrons. The molecule has 0 aromatic rings. The normalized spacial score (nSPS) is 26.9. The lowest BCUT2D eigenvalue weighted by Gasteiger charge is -2.40. The zero-order chi connectivity index (χ0) is 12.4. The monoisotopic (exact) mass is 275 g/mol. The summed E-state index contributed by atoms with van der Waals surface area (Å²) in [4.78, 5) is 12.4. The van der Waals surface area contributed by atoms with E-state index in [1.807, 2.05) is 0 Å². The Morgan fingerprint density at radius 3 is 2.69 bits per heavy atom. The predicted octanol–water partition coefficient (Wildman–Crippen LogP) is 1.48. The Morgan fingerprint density at radius 2 is 2.19 bits per heavy atom. The highest BCUT2D eigenvalue weighted by molar-refractivity contribution is 8.68. The van der Waals surface area contributed by atoms with Crippen molar-refractivity contribution in [2.75, 3.05) is 18.8 Å². The number of amides is 1. The largest absolute Gasteiger partial charge is 0.418 e. The molecule has 1 amide bonds. The van der Waals surface area contributed by atoms with Crippen LogP contribution in [-0.4, -0.2) is 46.5 Å². The molecule has 0 aliphatic carbocycles. The molecule has 1 aliphatic rings. The zero-order valence-electron chi connectivity index (χ0n) is 8.33. The van der Waals surface area contributed by atoms with Crippen molar-refractivity contribution >= 4 is 28.4 Å². The summed E-state index contributed by atoms with van der Waals surface area (Å²) >= 11 is 3.76. The second-order valence-electron chi connectivity index (χ2n) is 3.72. The fourth-order valence-electron chi connectivity index (χ4n) is 1.63. The van der Waals surface area contributed by atoms with Gasteiger partial charge in [-0.05, 0) is 12.8 Å². The number of alkyl halides is 3. The molecule has 0 spiro atoms. The third-order valence-corrected chi connectivity index (χ3v) is 3.30.